The summed E-state index contributed by atoms with van der Waals surface area (Å²) in [6.07, 6.45) is 0. The van der Waals surface area contributed by atoms with E-state index in [1.54, 1.807) is 6.92 Å². The fourth-order valence-electron chi connectivity index (χ4n) is 1.73. The average Bonchev–Trinajstić information content (AvgIpc) is 2.24. The Morgan fingerprint density at radius 3 is 2.44 bits per heavy atom. The van der Waals surface area contributed by atoms with Gasteiger partial charge in [-0.15, -0.1) is 0 Å². The first-order valence-corrected chi connectivity index (χ1v) is 7.28. The predicted octanol–water partition coefficient (Wildman–Crippen LogP) is 2.07. The first-order valence-electron chi connectivity index (χ1n) is 5.84. The lowest BCUT2D eigenvalue weighted by molar-refractivity contribution is 0.379. The Hall–Kier alpha value is -1.14. The summed E-state index contributed by atoms with van der Waals surface area (Å²) >= 11 is 0. The second-order valence-electron chi connectivity index (χ2n) is 4.51. The molecule has 0 heterocycles. The Morgan fingerprint density at radius 2 is 2.00 bits per heavy atom. The number of hydrogen-bond donors (Lipinski definition) is 1. The molecule has 102 valence electrons. The van der Waals surface area contributed by atoms with Crippen molar-refractivity contribution in [3.63, 3.8) is 0 Å². The summed E-state index contributed by atoms with van der Waals surface area (Å²) in [5.41, 5.74) is 5.53. The van der Waals surface area contributed by atoms with Gasteiger partial charge >= 0.3 is 0 Å². The zero-order valence-electron chi connectivity index (χ0n) is 10.9. The maximum absolute atomic E-state index is 13.7. The molecule has 0 atom stereocenters. The summed E-state index contributed by atoms with van der Waals surface area (Å²) in [6.45, 7) is 6.16. The van der Waals surface area contributed by atoms with Crippen molar-refractivity contribution >= 4 is 15.7 Å². The number of rotatable bonds is 5. The number of benzene rings is 1. The number of halogens is 1. The summed E-state index contributed by atoms with van der Waals surface area (Å²) in [4.78, 5) is -0.424. The molecule has 0 aromatic heterocycles. The molecule has 0 radical (unpaired) electrons. The molecule has 0 saturated heterocycles. The van der Waals surface area contributed by atoms with Crippen LogP contribution in [0.5, 0.6) is 0 Å². The van der Waals surface area contributed by atoms with Crippen LogP contribution in [0.3, 0.4) is 0 Å². The zero-order valence-corrected chi connectivity index (χ0v) is 11.7. The van der Waals surface area contributed by atoms with Gasteiger partial charge < -0.3 is 5.73 Å². The molecule has 0 aliphatic rings. The van der Waals surface area contributed by atoms with E-state index in [2.05, 4.69) is 0 Å². The fourth-order valence-corrected chi connectivity index (χ4v) is 3.50. The highest BCUT2D eigenvalue weighted by Gasteiger charge is 2.28. The molecule has 0 amide bonds. The molecule has 2 N–H and O–H groups in total. The fraction of sp³-hybridized carbons (Fsp3) is 0.500. The van der Waals surface area contributed by atoms with Crippen LogP contribution >= 0.6 is 0 Å². The van der Waals surface area contributed by atoms with Crippen molar-refractivity contribution in [3.05, 3.63) is 24.0 Å². The molecule has 18 heavy (non-hydrogen) atoms. The standard InChI is InChI=1S/C12H19FN2O2S/c1-4-15(8-9(2)3)18(16,17)12-10(13)6-5-7-11(12)14/h5-7,9H,4,8,14H2,1-3H3. The quantitative estimate of drug-likeness (QED) is 0.836. The van der Waals surface area contributed by atoms with Crippen molar-refractivity contribution in [1.82, 2.24) is 4.31 Å². The first kappa shape index (κ1) is 14.9. The van der Waals surface area contributed by atoms with E-state index >= 15 is 0 Å². The van der Waals surface area contributed by atoms with Crippen molar-refractivity contribution in [1.29, 1.82) is 0 Å². The summed E-state index contributed by atoms with van der Waals surface area (Å²) in [6, 6.07) is 3.88. The summed E-state index contributed by atoms with van der Waals surface area (Å²) in [5.74, 6) is -0.648. The van der Waals surface area contributed by atoms with E-state index in [0.29, 0.717) is 6.54 Å². The van der Waals surface area contributed by atoms with E-state index < -0.39 is 20.7 Å². The van der Waals surface area contributed by atoms with Gasteiger partial charge in [-0.3, -0.25) is 0 Å². The topological polar surface area (TPSA) is 63.4 Å². The number of nitrogens with two attached hydrogens (primary N) is 1. The lowest BCUT2D eigenvalue weighted by Gasteiger charge is -2.23. The number of nitrogen functional groups attached to an aromatic ring is 1. The van der Waals surface area contributed by atoms with Crippen LogP contribution in [-0.4, -0.2) is 25.8 Å². The van der Waals surface area contributed by atoms with Crippen LogP contribution in [0.2, 0.25) is 0 Å². The molecule has 4 nitrogen and oxygen atoms in total. The van der Waals surface area contributed by atoms with Gasteiger partial charge in [0.05, 0.1) is 5.69 Å². The lowest BCUT2D eigenvalue weighted by Crippen LogP contribution is -2.35. The average molecular weight is 274 g/mol. The maximum Gasteiger partial charge on any atom is 0.248 e. The largest absolute Gasteiger partial charge is 0.398 e. The number of anilines is 1. The van der Waals surface area contributed by atoms with E-state index in [-0.39, 0.29) is 18.2 Å². The van der Waals surface area contributed by atoms with Crippen LogP contribution in [0.25, 0.3) is 0 Å². The SMILES string of the molecule is CCN(CC(C)C)S(=O)(=O)c1c(N)cccc1F. The Kier molecular flexibility index (Phi) is 4.70. The Bertz CT molecular complexity index is 495. The molecular weight excluding hydrogens is 255 g/mol. The summed E-state index contributed by atoms with van der Waals surface area (Å²) in [5, 5.41) is 0. The van der Waals surface area contributed by atoms with Crippen molar-refractivity contribution in [2.75, 3.05) is 18.8 Å². The van der Waals surface area contributed by atoms with Crippen molar-refractivity contribution < 1.29 is 12.8 Å². The molecule has 0 bridgehead atoms. The second kappa shape index (κ2) is 5.67. The van der Waals surface area contributed by atoms with Crippen LogP contribution in [-0.2, 0) is 10.0 Å². The van der Waals surface area contributed by atoms with Gasteiger partial charge in [-0.1, -0.05) is 26.8 Å². The van der Waals surface area contributed by atoms with Gasteiger partial charge in [-0.05, 0) is 18.1 Å². The number of sulfonamides is 1. The zero-order chi connectivity index (χ0) is 13.9. The van der Waals surface area contributed by atoms with Crippen LogP contribution in [0, 0.1) is 11.7 Å². The predicted molar refractivity (Wildman–Crippen MR) is 70.1 cm³/mol. The van der Waals surface area contributed by atoms with Crippen LogP contribution in [0.4, 0.5) is 10.1 Å². The van der Waals surface area contributed by atoms with Gasteiger partial charge in [0.25, 0.3) is 0 Å². The lowest BCUT2D eigenvalue weighted by atomic mass is 10.2. The molecule has 0 fully saturated rings. The third kappa shape index (κ3) is 3.00. The smallest absolute Gasteiger partial charge is 0.248 e. The molecule has 0 aliphatic carbocycles. The monoisotopic (exact) mass is 274 g/mol. The van der Waals surface area contributed by atoms with Gasteiger partial charge in [0.1, 0.15) is 10.7 Å². The molecule has 0 aliphatic heterocycles. The molecule has 1 aromatic carbocycles. The van der Waals surface area contributed by atoms with Crippen LogP contribution in [0.1, 0.15) is 20.8 Å². The molecule has 6 heteroatoms. The van der Waals surface area contributed by atoms with E-state index in [1.165, 1.54) is 16.4 Å². The Morgan fingerprint density at radius 1 is 1.39 bits per heavy atom. The minimum Gasteiger partial charge on any atom is -0.398 e. The van der Waals surface area contributed by atoms with E-state index in [1.807, 2.05) is 13.8 Å². The second-order valence-corrected chi connectivity index (χ2v) is 6.38. The van der Waals surface area contributed by atoms with Gasteiger partial charge in [0.15, 0.2) is 0 Å². The highest BCUT2D eigenvalue weighted by molar-refractivity contribution is 7.89. The highest BCUT2D eigenvalue weighted by Crippen LogP contribution is 2.25. The molecule has 0 spiro atoms. The first-order chi connectivity index (χ1) is 8.30. The number of hydrogen-bond acceptors (Lipinski definition) is 3. The van der Waals surface area contributed by atoms with Crippen molar-refractivity contribution in [2.45, 2.75) is 25.7 Å². The molecule has 1 aromatic rings. The third-order valence-corrected chi connectivity index (χ3v) is 4.55. The van der Waals surface area contributed by atoms with Gasteiger partial charge in [-0.25, -0.2) is 12.8 Å². The molecule has 0 saturated carbocycles. The minimum absolute atomic E-state index is 0.0581. The van der Waals surface area contributed by atoms with Crippen LogP contribution < -0.4 is 5.73 Å². The molecular formula is C12H19FN2O2S. The molecule has 0 unspecified atom stereocenters. The van der Waals surface area contributed by atoms with Crippen LogP contribution in [0.15, 0.2) is 23.1 Å². The Balaban J connectivity index is 3.28. The van der Waals surface area contributed by atoms with E-state index in [0.717, 1.165) is 6.07 Å². The Labute approximate surface area is 108 Å². The highest BCUT2D eigenvalue weighted by atomic mass is 32.2. The van der Waals surface area contributed by atoms with Gasteiger partial charge in [0, 0.05) is 13.1 Å². The normalized spacial score (nSPS) is 12.3. The van der Waals surface area contributed by atoms with Crippen molar-refractivity contribution in [2.24, 2.45) is 5.92 Å². The summed E-state index contributed by atoms with van der Waals surface area (Å²) in [7, 11) is -3.87. The number of nitrogens with zero attached hydrogens (tertiary/aromatic N) is 1. The summed E-state index contributed by atoms with van der Waals surface area (Å²) < 4.78 is 39.6. The minimum atomic E-state index is -3.87. The van der Waals surface area contributed by atoms with Gasteiger partial charge in [-0.2, -0.15) is 4.31 Å². The maximum atomic E-state index is 13.7. The molecule has 1 rings (SSSR count). The van der Waals surface area contributed by atoms with Crippen molar-refractivity contribution in [3.8, 4) is 0 Å². The third-order valence-electron chi connectivity index (χ3n) is 2.52. The van der Waals surface area contributed by atoms with E-state index in [4.69, 9.17) is 5.73 Å². The van der Waals surface area contributed by atoms with Gasteiger partial charge in [0.2, 0.25) is 10.0 Å². The van der Waals surface area contributed by atoms with E-state index in [9.17, 15) is 12.8 Å².